The molecule has 2 aromatic carbocycles. The van der Waals surface area contributed by atoms with E-state index in [2.05, 4.69) is 28.7 Å². The first kappa shape index (κ1) is 20.3. The van der Waals surface area contributed by atoms with E-state index in [1.807, 2.05) is 18.2 Å². The van der Waals surface area contributed by atoms with Gasteiger partial charge >= 0.3 is 0 Å². The van der Waals surface area contributed by atoms with Crippen LogP contribution in [0.1, 0.15) is 38.2 Å². The highest BCUT2D eigenvalue weighted by molar-refractivity contribution is 7.89. The van der Waals surface area contributed by atoms with Crippen LogP contribution < -0.4 is 4.72 Å². The molecule has 2 aromatic rings. The van der Waals surface area contributed by atoms with Crippen molar-refractivity contribution in [2.75, 3.05) is 6.54 Å². The van der Waals surface area contributed by atoms with E-state index in [0.717, 1.165) is 38.8 Å². The number of sulfonamides is 1. The molecule has 0 spiro atoms. The van der Waals surface area contributed by atoms with Gasteiger partial charge in [-0.2, -0.15) is 0 Å². The predicted octanol–water partition coefficient (Wildman–Crippen LogP) is 4.45. The Bertz CT molecular complexity index is 825. The second kappa shape index (κ2) is 9.20. The molecular weight excluding hydrogens is 380 g/mol. The number of halogens is 1. The quantitative estimate of drug-likeness (QED) is 0.738. The highest BCUT2D eigenvalue weighted by Gasteiger charge is 2.32. The molecule has 3 rings (SSSR count). The first-order valence-corrected chi connectivity index (χ1v) is 11.4. The van der Waals surface area contributed by atoms with Crippen LogP contribution in [0, 0.1) is 0 Å². The summed E-state index contributed by atoms with van der Waals surface area (Å²) in [5.41, 5.74) is 1.25. The summed E-state index contributed by atoms with van der Waals surface area (Å²) in [6.07, 6.45) is 4.06. The highest BCUT2D eigenvalue weighted by Crippen LogP contribution is 2.26. The zero-order chi connectivity index (χ0) is 19.3. The zero-order valence-electron chi connectivity index (χ0n) is 15.6. The zero-order valence-corrected chi connectivity index (χ0v) is 17.2. The lowest BCUT2D eigenvalue weighted by Crippen LogP contribution is -2.52. The summed E-state index contributed by atoms with van der Waals surface area (Å²) in [5.74, 6) is 0. The second-order valence-corrected chi connectivity index (χ2v) is 9.23. The lowest BCUT2D eigenvalue weighted by atomic mass is 9.89. The number of hydrogen-bond donors (Lipinski definition) is 1. The van der Waals surface area contributed by atoms with Gasteiger partial charge in [-0.3, -0.25) is 4.90 Å². The van der Waals surface area contributed by atoms with Gasteiger partial charge in [-0.05, 0) is 49.2 Å². The number of rotatable bonds is 7. The van der Waals surface area contributed by atoms with E-state index in [1.54, 1.807) is 24.3 Å². The van der Waals surface area contributed by atoms with Crippen LogP contribution in [0.3, 0.4) is 0 Å². The molecule has 0 amide bonds. The van der Waals surface area contributed by atoms with Crippen LogP contribution in [0.15, 0.2) is 59.5 Å². The maximum absolute atomic E-state index is 12.9. The summed E-state index contributed by atoms with van der Waals surface area (Å²) in [5, 5.41) is 0.532. The molecule has 6 heteroatoms. The van der Waals surface area contributed by atoms with Gasteiger partial charge in [-0.15, -0.1) is 0 Å². The van der Waals surface area contributed by atoms with Crippen LogP contribution in [0.2, 0.25) is 5.02 Å². The summed E-state index contributed by atoms with van der Waals surface area (Å²) in [4.78, 5) is 2.66. The lowest BCUT2D eigenvalue weighted by molar-refractivity contribution is 0.130. The largest absolute Gasteiger partial charge is 0.295 e. The minimum atomic E-state index is -3.56. The third-order valence-electron chi connectivity index (χ3n) is 5.26. The Balaban J connectivity index is 1.76. The van der Waals surface area contributed by atoms with Crippen LogP contribution in [-0.2, 0) is 16.6 Å². The fourth-order valence-electron chi connectivity index (χ4n) is 3.85. The van der Waals surface area contributed by atoms with Gasteiger partial charge in [-0.1, -0.05) is 61.7 Å². The van der Waals surface area contributed by atoms with Crippen molar-refractivity contribution >= 4 is 21.6 Å². The fourth-order valence-corrected chi connectivity index (χ4v) is 5.28. The average molecular weight is 407 g/mol. The van der Waals surface area contributed by atoms with Gasteiger partial charge < -0.3 is 0 Å². The van der Waals surface area contributed by atoms with Crippen molar-refractivity contribution in [2.24, 2.45) is 0 Å². The number of nitrogens with one attached hydrogen (secondary N) is 1. The standard InChI is InChI=1S/C21H27ClN2O2S/c1-2-24(16-17-8-4-3-5-9-17)21-11-7-6-10-20(21)23-27(25,26)19-14-12-18(22)13-15-19/h3-5,8-9,12-15,20-21,23H,2,6-7,10-11,16H2,1H3/t20-,21+/m1/s1. The molecule has 0 aromatic heterocycles. The Morgan fingerprint density at radius 2 is 1.70 bits per heavy atom. The van der Waals surface area contributed by atoms with Crippen LogP contribution >= 0.6 is 11.6 Å². The molecule has 2 atom stereocenters. The van der Waals surface area contributed by atoms with E-state index < -0.39 is 10.0 Å². The molecule has 0 radical (unpaired) electrons. The monoisotopic (exact) mass is 406 g/mol. The van der Waals surface area contributed by atoms with E-state index in [4.69, 9.17) is 11.6 Å². The number of nitrogens with zero attached hydrogens (tertiary/aromatic N) is 1. The topological polar surface area (TPSA) is 49.4 Å². The molecule has 0 saturated heterocycles. The SMILES string of the molecule is CCN(Cc1ccccc1)[C@H]1CCCC[C@H]1NS(=O)(=O)c1ccc(Cl)cc1. The molecular formula is C21H27ClN2O2S. The van der Waals surface area contributed by atoms with Crippen LogP contribution in [0.25, 0.3) is 0 Å². The Labute approximate surface area is 167 Å². The van der Waals surface area contributed by atoms with E-state index in [-0.39, 0.29) is 17.0 Å². The summed E-state index contributed by atoms with van der Waals surface area (Å²) >= 11 is 5.89. The molecule has 1 N–H and O–H groups in total. The van der Waals surface area contributed by atoms with Crippen LogP contribution in [0.4, 0.5) is 0 Å². The maximum Gasteiger partial charge on any atom is 0.240 e. The summed E-state index contributed by atoms with van der Waals surface area (Å²) in [7, 11) is -3.56. The normalized spacial score (nSPS) is 20.7. The molecule has 1 saturated carbocycles. The Hall–Kier alpha value is -1.40. The lowest BCUT2D eigenvalue weighted by Gasteiger charge is -2.39. The summed E-state index contributed by atoms with van der Waals surface area (Å²) in [6, 6.07) is 16.8. The molecule has 0 heterocycles. The van der Waals surface area contributed by atoms with E-state index >= 15 is 0 Å². The van der Waals surface area contributed by atoms with E-state index in [9.17, 15) is 8.42 Å². The van der Waals surface area contributed by atoms with Gasteiger partial charge in [0.2, 0.25) is 10.0 Å². The average Bonchev–Trinajstić information content (AvgIpc) is 2.67. The Morgan fingerprint density at radius 3 is 2.37 bits per heavy atom. The van der Waals surface area contributed by atoms with Gasteiger partial charge in [-0.25, -0.2) is 13.1 Å². The van der Waals surface area contributed by atoms with Gasteiger partial charge in [0.15, 0.2) is 0 Å². The van der Waals surface area contributed by atoms with Crippen LogP contribution in [0.5, 0.6) is 0 Å². The predicted molar refractivity (Wildman–Crippen MR) is 110 cm³/mol. The molecule has 146 valence electrons. The van der Waals surface area contributed by atoms with E-state index in [0.29, 0.717) is 5.02 Å². The maximum atomic E-state index is 12.9. The first-order chi connectivity index (χ1) is 13.0. The van der Waals surface area contributed by atoms with Crippen molar-refractivity contribution in [1.29, 1.82) is 0 Å². The van der Waals surface area contributed by atoms with Crippen molar-refractivity contribution in [2.45, 2.75) is 56.1 Å². The van der Waals surface area contributed by atoms with Crippen molar-refractivity contribution in [3.05, 3.63) is 65.2 Å². The van der Waals surface area contributed by atoms with E-state index in [1.165, 1.54) is 5.56 Å². The number of likely N-dealkylation sites (N-methyl/N-ethyl adjacent to an activating group) is 1. The number of benzene rings is 2. The third-order valence-corrected chi connectivity index (χ3v) is 7.02. The Morgan fingerprint density at radius 1 is 1.04 bits per heavy atom. The minimum Gasteiger partial charge on any atom is -0.295 e. The minimum absolute atomic E-state index is 0.0805. The molecule has 0 aliphatic heterocycles. The van der Waals surface area contributed by atoms with Crippen molar-refractivity contribution in [3.8, 4) is 0 Å². The van der Waals surface area contributed by atoms with Crippen molar-refractivity contribution in [3.63, 3.8) is 0 Å². The smallest absolute Gasteiger partial charge is 0.240 e. The first-order valence-electron chi connectivity index (χ1n) is 9.55. The molecule has 4 nitrogen and oxygen atoms in total. The van der Waals surface area contributed by atoms with Crippen molar-refractivity contribution < 1.29 is 8.42 Å². The molecule has 1 aliphatic carbocycles. The number of hydrogen-bond acceptors (Lipinski definition) is 3. The molecule has 1 fully saturated rings. The highest BCUT2D eigenvalue weighted by atomic mass is 35.5. The van der Waals surface area contributed by atoms with Gasteiger partial charge in [0.05, 0.1) is 4.90 Å². The molecule has 27 heavy (non-hydrogen) atoms. The van der Waals surface area contributed by atoms with Gasteiger partial charge in [0, 0.05) is 23.7 Å². The summed E-state index contributed by atoms with van der Waals surface area (Å²) in [6.45, 7) is 3.86. The third kappa shape index (κ3) is 5.32. The second-order valence-electron chi connectivity index (χ2n) is 7.08. The molecule has 0 unspecified atom stereocenters. The molecule has 0 bridgehead atoms. The van der Waals surface area contributed by atoms with Crippen LogP contribution in [-0.4, -0.2) is 31.9 Å². The Kier molecular flexibility index (Phi) is 6.93. The fraction of sp³-hybridized carbons (Fsp3) is 0.429. The van der Waals surface area contributed by atoms with Gasteiger partial charge in [0.1, 0.15) is 0 Å². The molecule has 1 aliphatic rings. The van der Waals surface area contributed by atoms with Gasteiger partial charge in [0.25, 0.3) is 0 Å². The summed E-state index contributed by atoms with van der Waals surface area (Å²) < 4.78 is 28.7. The van der Waals surface area contributed by atoms with Crippen molar-refractivity contribution in [1.82, 2.24) is 9.62 Å².